The number of nitrogens with zero attached hydrogens (tertiary/aromatic N) is 2. The van der Waals surface area contributed by atoms with Crippen molar-refractivity contribution in [2.75, 3.05) is 7.05 Å². The zero-order chi connectivity index (χ0) is 7.14. The van der Waals surface area contributed by atoms with E-state index in [1.807, 2.05) is 0 Å². The summed E-state index contributed by atoms with van der Waals surface area (Å²) in [6.45, 7) is 2.16. The van der Waals surface area contributed by atoms with Crippen LogP contribution in [0, 0.1) is 5.92 Å². The Morgan fingerprint density at radius 2 is 2.30 bits per heavy atom. The molecular formula is C8H14N2. The molecule has 0 amide bonds. The van der Waals surface area contributed by atoms with Crippen LogP contribution in [-0.4, -0.2) is 23.8 Å². The molecule has 0 N–H and O–H groups in total. The molecule has 2 nitrogen and oxygen atoms in total. The van der Waals surface area contributed by atoms with E-state index in [4.69, 9.17) is 0 Å². The second-order valence-electron chi connectivity index (χ2n) is 3.42. The monoisotopic (exact) mass is 138 g/mol. The highest BCUT2D eigenvalue weighted by molar-refractivity contribution is 5.86. The van der Waals surface area contributed by atoms with E-state index in [1.54, 1.807) is 0 Å². The lowest BCUT2D eigenvalue weighted by atomic mass is 10.0. The van der Waals surface area contributed by atoms with Gasteiger partial charge in [-0.1, -0.05) is 6.42 Å². The number of hydrogen-bond donors (Lipinski definition) is 0. The Labute approximate surface area is 61.9 Å². The average Bonchev–Trinajstić information content (AvgIpc) is 2.39. The summed E-state index contributed by atoms with van der Waals surface area (Å²) in [5.74, 6) is 0.796. The molecule has 2 atom stereocenters. The van der Waals surface area contributed by atoms with Gasteiger partial charge in [-0.15, -0.1) is 0 Å². The van der Waals surface area contributed by atoms with Gasteiger partial charge in [-0.2, -0.15) is 5.10 Å². The lowest BCUT2D eigenvalue weighted by Crippen LogP contribution is -2.25. The number of hydrazone groups is 1. The molecule has 0 spiro atoms. The third-order valence-electron chi connectivity index (χ3n) is 2.81. The normalized spacial score (nSPS) is 38.2. The van der Waals surface area contributed by atoms with Crippen LogP contribution in [0.15, 0.2) is 5.10 Å². The lowest BCUT2D eigenvalue weighted by Gasteiger charge is -2.16. The summed E-state index contributed by atoms with van der Waals surface area (Å²) in [5.41, 5.74) is 1.35. The molecule has 0 aromatic rings. The molecule has 2 unspecified atom stereocenters. The maximum Gasteiger partial charge on any atom is 0.0548 e. The van der Waals surface area contributed by atoms with Crippen LogP contribution in [0.5, 0.6) is 0 Å². The number of fused-ring (bicyclic) bond motifs is 1. The van der Waals surface area contributed by atoms with Gasteiger partial charge in [0.15, 0.2) is 0 Å². The summed E-state index contributed by atoms with van der Waals surface area (Å²) in [5, 5.41) is 6.57. The maximum atomic E-state index is 4.42. The van der Waals surface area contributed by atoms with Crippen molar-refractivity contribution in [3.05, 3.63) is 0 Å². The van der Waals surface area contributed by atoms with Crippen molar-refractivity contribution in [3.8, 4) is 0 Å². The predicted molar refractivity (Wildman–Crippen MR) is 42.0 cm³/mol. The summed E-state index contributed by atoms with van der Waals surface area (Å²) in [6.07, 6.45) is 4.11. The summed E-state index contributed by atoms with van der Waals surface area (Å²) in [4.78, 5) is 0. The van der Waals surface area contributed by atoms with Crippen LogP contribution >= 0.6 is 0 Å². The fourth-order valence-corrected chi connectivity index (χ4v) is 2.27. The first-order chi connectivity index (χ1) is 4.79. The van der Waals surface area contributed by atoms with Gasteiger partial charge in [0, 0.05) is 18.7 Å². The van der Waals surface area contributed by atoms with Crippen molar-refractivity contribution in [2.24, 2.45) is 11.0 Å². The quantitative estimate of drug-likeness (QED) is 0.495. The Kier molecular flexibility index (Phi) is 1.22. The molecule has 0 radical (unpaired) electrons. The standard InChI is InChI=1S/C8H14N2/c1-6-7-4-3-5-8(7)10(2)9-6/h7-8H,3-5H2,1-2H3. The number of rotatable bonds is 0. The topological polar surface area (TPSA) is 15.6 Å². The molecule has 1 heterocycles. The summed E-state index contributed by atoms with van der Waals surface area (Å²) in [6, 6.07) is 0.750. The Morgan fingerprint density at radius 3 is 3.00 bits per heavy atom. The summed E-state index contributed by atoms with van der Waals surface area (Å²) in [7, 11) is 2.10. The molecule has 0 saturated heterocycles. The van der Waals surface area contributed by atoms with E-state index in [0.29, 0.717) is 0 Å². The van der Waals surface area contributed by atoms with Crippen molar-refractivity contribution in [1.29, 1.82) is 0 Å². The van der Waals surface area contributed by atoms with E-state index < -0.39 is 0 Å². The minimum Gasteiger partial charge on any atom is -0.296 e. The Hall–Kier alpha value is -0.530. The first-order valence-corrected chi connectivity index (χ1v) is 4.07. The minimum absolute atomic E-state index is 0.750. The van der Waals surface area contributed by atoms with Gasteiger partial charge in [-0.3, -0.25) is 5.01 Å². The van der Waals surface area contributed by atoms with Crippen LogP contribution in [0.3, 0.4) is 0 Å². The van der Waals surface area contributed by atoms with E-state index in [-0.39, 0.29) is 0 Å². The first kappa shape index (κ1) is 6.20. The molecule has 0 bridgehead atoms. The molecule has 56 valence electrons. The Bertz CT molecular complexity index is 174. The first-order valence-electron chi connectivity index (χ1n) is 4.07. The van der Waals surface area contributed by atoms with E-state index >= 15 is 0 Å². The fraction of sp³-hybridized carbons (Fsp3) is 0.875. The highest BCUT2D eigenvalue weighted by Crippen LogP contribution is 2.34. The van der Waals surface area contributed by atoms with E-state index in [2.05, 4.69) is 24.1 Å². The van der Waals surface area contributed by atoms with Crippen molar-refractivity contribution in [2.45, 2.75) is 32.2 Å². The molecule has 2 aliphatic rings. The molecule has 0 aromatic heterocycles. The van der Waals surface area contributed by atoms with Crippen LogP contribution in [0.2, 0.25) is 0 Å². The Morgan fingerprint density at radius 1 is 1.50 bits per heavy atom. The molecule has 2 heteroatoms. The van der Waals surface area contributed by atoms with Crippen LogP contribution in [0.4, 0.5) is 0 Å². The smallest absolute Gasteiger partial charge is 0.0548 e. The predicted octanol–water partition coefficient (Wildman–Crippen LogP) is 1.48. The summed E-state index contributed by atoms with van der Waals surface area (Å²) >= 11 is 0. The molecule has 1 aliphatic heterocycles. The van der Waals surface area contributed by atoms with Gasteiger partial charge in [0.25, 0.3) is 0 Å². The minimum atomic E-state index is 0.750. The largest absolute Gasteiger partial charge is 0.296 e. The molecule has 1 saturated carbocycles. The second kappa shape index (κ2) is 1.97. The molecule has 0 aromatic carbocycles. The summed E-state index contributed by atoms with van der Waals surface area (Å²) < 4.78 is 0. The van der Waals surface area contributed by atoms with Crippen LogP contribution in [0.25, 0.3) is 0 Å². The van der Waals surface area contributed by atoms with Gasteiger partial charge in [0.2, 0.25) is 0 Å². The average molecular weight is 138 g/mol. The van der Waals surface area contributed by atoms with Crippen LogP contribution < -0.4 is 0 Å². The third kappa shape index (κ3) is 0.678. The van der Waals surface area contributed by atoms with Crippen molar-refractivity contribution in [1.82, 2.24) is 5.01 Å². The molecule has 10 heavy (non-hydrogen) atoms. The van der Waals surface area contributed by atoms with E-state index in [0.717, 1.165) is 12.0 Å². The SMILES string of the molecule is CC1=NN(C)C2CCCC12. The highest BCUT2D eigenvalue weighted by Gasteiger charge is 2.36. The van der Waals surface area contributed by atoms with Gasteiger partial charge in [0.1, 0.15) is 0 Å². The van der Waals surface area contributed by atoms with Crippen molar-refractivity contribution >= 4 is 5.71 Å². The van der Waals surface area contributed by atoms with Crippen molar-refractivity contribution in [3.63, 3.8) is 0 Å². The fourth-order valence-electron chi connectivity index (χ4n) is 2.27. The van der Waals surface area contributed by atoms with Crippen LogP contribution in [0.1, 0.15) is 26.2 Å². The zero-order valence-corrected chi connectivity index (χ0v) is 6.67. The van der Waals surface area contributed by atoms with Crippen LogP contribution in [-0.2, 0) is 0 Å². The van der Waals surface area contributed by atoms with Gasteiger partial charge >= 0.3 is 0 Å². The van der Waals surface area contributed by atoms with Crippen molar-refractivity contribution < 1.29 is 0 Å². The molecule has 2 rings (SSSR count). The molecule has 1 fully saturated rings. The van der Waals surface area contributed by atoms with Gasteiger partial charge in [0.05, 0.1) is 6.04 Å². The maximum absolute atomic E-state index is 4.42. The van der Waals surface area contributed by atoms with E-state index in [9.17, 15) is 0 Å². The van der Waals surface area contributed by atoms with Gasteiger partial charge < -0.3 is 0 Å². The van der Waals surface area contributed by atoms with Gasteiger partial charge in [-0.05, 0) is 19.8 Å². The third-order valence-corrected chi connectivity index (χ3v) is 2.81. The van der Waals surface area contributed by atoms with Gasteiger partial charge in [-0.25, -0.2) is 0 Å². The lowest BCUT2D eigenvalue weighted by molar-refractivity contribution is 0.266. The zero-order valence-electron chi connectivity index (χ0n) is 6.67. The van der Waals surface area contributed by atoms with E-state index in [1.165, 1.54) is 25.0 Å². The highest BCUT2D eigenvalue weighted by atomic mass is 15.5. The number of hydrogen-bond acceptors (Lipinski definition) is 2. The Balaban J connectivity index is 2.21. The second-order valence-corrected chi connectivity index (χ2v) is 3.42. The molecule has 1 aliphatic carbocycles. The molecular weight excluding hydrogens is 124 g/mol.